The summed E-state index contributed by atoms with van der Waals surface area (Å²) in [5.41, 5.74) is 3.11. The van der Waals surface area contributed by atoms with Gasteiger partial charge in [0.15, 0.2) is 0 Å². The molecule has 0 aromatic heterocycles. The second-order valence-electron chi connectivity index (χ2n) is 3.09. The van der Waals surface area contributed by atoms with E-state index in [2.05, 4.69) is 15.9 Å². The van der Waals surface area contributed by atoms with Gasteiger partial charge in [0.2, 0.25) is 0 Å². The van der Waals surface area contributed by atoms with Crippen molar-refractivity contribution in [3.8, 4) is 0 Å². The molecule has 0 saturated heterocycles. The average Bonchev–Trinajstić information content (AvgIpc) is 1.98. The second-order valence-corrected chi connectivity index (χ2v) is 3.94. The SMILES string of the molecule is Cc1cc(CC(=O)O)cc(Br)c1C. The van der Waals surface area contributed by atoms with Crippen molar-refractivity contribution in [1.29, 1.82) is 0 Å². The third kappa shape index (κ3) is 2.56. The van der Waals surface area contributed by atoms with E-state index in [9.17, 15) is 4.79 Å². The Kier molecular flexibility index (Phi) is 3.09. The lowest BCUT2D eigenvalue weighted by atomic mass is 10.0. The van der Waals surface area contributed by atoms with Crippen LogP contribution < -0.4 is 0 Å². The molecule has 0 radical (unpaired) electrons. The number of aryl methyl sites for hydroxylation is 1. The van der Waals surface area contributed by atoms with Crippen LogP contribution in [0.15, 0.2) is 16.6 Å². The molecule has 3 heteroatoms. The number of carboxylic acids is 1. The molecule has 0 amide bonds. The van der Waals surface area contributed by atoms with E-state index in [0.717, 1.165) is 21.2 Å². The van der Waals surface area contributed by atoms with E-state index >= 15 is 0 Å². The van der Waals surface area contributed by atoms with Gasteiger partial charge in [0, 0.05) is 4.47 Å². The summed E-state index contributed by atoms with van der Waals surface area (Å²) in [6.07, 6.45) is 0.0831. The van der Waals surface area contributed by atoms with E-state index in [4.69, 9.17) is 5.11 Å². The van der Waals surface area contributed by atoms with Crippen molar-refractivity contribution in [3.05, 3.63) is 33.3 Å². The first kappa shape index (κ1) is 10.3. The Balaban J connectivity index is 3.06. The third-order valence-electron chi connectivity index (χ3n) is 2.02. The molecule has 1 N–H and O–H groups in total. The molecule has 0 unspecified atom stereocenters. The zero-order chi connectivity index (χ0) is 10.0. The molecule has 1 aromatic rings. The number of carbonyl (C=O) groups is 1. The Hall–Kier alpha value is -0.830. The Morgan fingerprint density at radius 3 is 2.54 bits per heavy atom. The highest BCUT2D eigenvalue weighted by Gasteiger charge is 2.05. The van der Waals surface area contributed by atoms with Crippen LogP contribution in [0.1, 0.15) is 16.7 Å². The molecule has 1 aromatic carbocycles. The minimum absolute atomic E-state index is 0.0831. The normalized spacial score (nSPS) is 10.1. The van der Waals surface area contributed by atoms with Crippen LogP contribution in [0.4, 0.5) is 0 Å². The van der Waals surface area contributed by atoms with Gasteiger partial charge in [0.1, 0.15) is 0 Å². The summed E-state index contributed by atoms with van der Waals surface area (Å²) >= 11 is 3.39. The van der Waals surface area contributed by atoms with Crippen molar-refractivity contribution in [2.75, 3.05) is 0 Å². The van der Waals surface area contributed by atoms with Crippen LogP contribution in [0.5, 0.6) is 0 Å². The van der Waals surface area contributed by atoms with Crippen LogP contribution in [-0.2, 0) is 11.2 Å². The minimum Gasteiger partial charge on any atom is -0.481 e. The Labute approximate surface area is 85.7 Å². The summed E-state index contributed by atoms with van der Waals surface area (Å²) < 4.78 is 0.976. The summed E-state index contributed by atoms with van der Waals surface area (Å²) in [6.45, 7) is 3.98. The van der Waals surface area contributed by atoms with E-state index in [0.29, 0.717) is 0 Å². The number of rotatable bonds is 2. The molecule has 0 spiro atoms. The van der Waals surface area contributed by atoms with Crippen molar-refractivity contribution in [1.82, 2.24) is 0 Å². The van der Waals surface area contributed by atoms with Crippen LogP contribution in [0.2, 0.25) is 0 Å². The maximum atomic E-state index is 10.5. The number of hydrogen-bond donors (Lipinski definition) is 1. The summed E-state index contributed by atoms with van der Waals surface area (Å²) in [4.78, 5) is 10.5. The zero-order valence-electron chi connectivity index (χ0n) is 7.60. The van der Waals surface area contributed by atoms with Gasteiger partial charge in [-0.1, -0.05) is 22.0 Å². The number of carboxylic acid groups (broad SMARTS) is 1. The summed E-state index contributed by atoms with van der Waals surface area (Å²) in [6, 6.07) is 3.77. The van der Waals surface area contributed by atoms with Crippen LogP contribution in [-0.4, -0.2) is 11.1 Å². The molecule has 0 fully saturated rings. The Bertz CT molecular complexity index is 322. The van der Waals surface area contributed by atoms with Gasteiger partial charge in [-0.25, -0.2) is 0 Å². The van der Waals surface area contributed by atoms with Crippen molar-refractivity contribution in [3.63, 3.8) is 0 Å². The molecule has 0 atom stereocenters. The van der Waals surface area contributed by atoms with Crippen molar-refractivity contribution in [2.45, 2.75) is 20.3 Å². The van der Waals surface area contributed by atoms with Gasteiger partial charge < -0.3 is 5.11 Å². The molecular formula is C10H11BrO2. The first-order chi connectivity index (χ1) is 6.00. The van der Waals surface area contributed by atoms with E-state index in [-0.39, 0.29) is 6.42 Å². The van der Waals surface area contributed by atoms with E-state index < -0.39 is 5.97 Å². The molecule has 0 aliphatic rings. The Morgan fingerprint density at radius 2 is 2.08 bits per heavy atom. The molecule has 1 rings (SSSR count). The van der Waals surface area contributed by atoms with Crippen LogP contribution in [0.25, 0.3) is 0 Å². The smallest absolute Gasteiger partial charge is 0.307 e. The second kappa shape index (κ2) is 3.92. The predicted octanol–water partition coefficient (Wildman–Crippen LogP) is 2.69. The number of benzene rings is 1. The maximum absolute atomic E-state index is 10.5. The van der Waals surface area contributed by atoms with Crippen LogP contribution in [0.3, 0.4) is 0 Å². The molecular weight excluding hydrogens is 232 g/mol. The van der Waals surface area contributed by atoms with Crippen molar-refractivity contribution < 1.29 is 9.90 Å². The van der Waals surface area contributed by atoms with Crippen molar-refractivity contribution >= 4 is 21.9 Å². The molecule has 0 aliphatic heterocycles. The molecule has 0 saturated carbocycles. The highest BCUT2D eigenvalue weighted by atomic mass is 79.9. The maximum Gasteiger partial charge on any atom is 0.307 e. The molecule has 13 heavy (non-hydrogen) atoms. The lowest BCUT2D eigenvalue weighted by Gasteiger charge is -2.05. The quantitative estimate of drug-likeness (QED) is 0.866. The standard InChI is InChI=1S/C10H11BrO2/c1-6-3-8(5-10(12)13)4-9(11)7(6)2/h3-4H,5H2,1-2H3,(H,12,13). The third-order valence-corrected chi connectivity index (χ3v) is 2.84. The molecule has 0 heterocycles. The fourth-order valence-electron chi connectivity index (χ4n) is 1.16. The number of aliphatic carboxylic acids is 1. The largest absolute Gasteiger partial charge is 0.481 e. The van der Waals surface area contributed by atoms with Gasteiger partial charge in [-0.15, -0.1) is 0 Å². The van der Waals surface area contributed by atoms with E-state index in [1.54, 1.807) is 0 Å². The fourth-order valence-corrected chi connectivity index (χ4v) is 1.77. The number of halogens is 1. The highest BCUT2D eigenvalue weighted by molar-refractivity contribution is 9.10. The van der Waals surface area contributed by atoms with Gasteiger partial charge in [-0.05, 0) is 36.6 Å². The van der Waals surface area contributed by atoms with Gasteiger partial charge in [-0.3, -0.25) is 4.79 Å². The van der Waals surface area contributed by atoms with Crippen LogP contribution in [0, 0.1) is 13.8 Å². The van der Waals surface area contributed by atoms with Gasteiger partial charge in [-0.2, -0.15) is 0 Å². The minimum atomic E-state index is -0.796. The molecule has 0 bridgehead atoms. The van der Waals surface area contributed by atoms with Crippen molar-refractivity contribution in [2.24, 2.45) is 0 Å². The van der Waals surface area contributed by atoms with Gasteiger partial charge in [0.05, 0.1) is 6.42 Å². The summed E-state index contributed by atoms with van der Waals surface area (Å²) in [7, 11) is 0. The lowest BCUT2D eigenvalue weighted by Crippen LogP contribution is -2.00. The molecule has 2 nitrogen and oxygen atoms in total. The monoisotopic (exact) mass is 242 g/mol. The molecule has 0 aliphatic carbocycles. The fraction of sp³-hybridized carbons (Fsp3) is 0.300. The average molecular weight is 243 g/mol. The van der Waals surface area contributed by atoms with E-state index in [1.807, 2.05) is 26.0 Å². The van der Waals surface area contributed by atoms with Gasteiger partial charge in [0.25, 0.3) is 0 Å². The highest BCUT2D eigenvalue weighted by Crippen LogP contribution is 2.21. The lowest BCUT2D eigenvalue weighted by molar-refractivity contribution is -0.136. The first-order valence-corrected chi connectivity index (χ1v) is 4.77. The summed E-state index contributed by atoms with van der Waals surface area (Å²) in [5, 5.41) is 8.60. The van der Waals surface area contributed by atoms with Gasteiger partial charge >= 0.3 is 5.97 Å². The number of hydrogen-bond acceptors (Lipinski definition) is 1. The first-order valence-electron chi connectivity index (χ1n) is 3.98. The zero-order valence-corrected chi connectivity index (χ0v) is 9.18. The Morgan fingerprint density at radius 1 is 1.46 bits per heavy atom. The molecule has 70 valence electrons. The van der Waals surface area contributed by atoms with Crippen LogP contribution >= 0.6 is 15.9 Å². The topological polar surface area (TPSA) is 37.3 Å². The summed E-state index contributed by atoms with van der Waals surface area (Å²) in [5.74, 6) is -0.796. The van der Waals surface area contributed by atoms with E-state index in [1.165, 1.54) is 0 Å². The predicted molar refractivity (Wildman–Crippen MR) is 55.0 cm³/mol.